The minimum absolute atomic E-state index is 0.272. The molecule has 4 nitrogen and oxygen atoms in total. The van der Waals surface area contributed by atoms with Crippen molar-refractivity contribution >= 4 is 11.9 Å². The largest absolute Gasteiger partial charge is 0.486 e. The van der Waals surface area contributed by atoms with E-state index in [1.54, 1.807) is 18.3 Å². The van der Waals surface area contributed by atoms with Crippen molar-refractivity contribution < 1.29 is 13.9 Å². The highest BCUT2D eigenvalue weighted by molar-refractivity contribution is 5.81. The summed E-state index contributed by atoms with van der Waals surface area (Å²) in [6, 6.07) is 11.6. The second-order valence-electron chi connectivity index (χ2n) is 4.28. The first kappa shape index (κ1) is 12.5. The van der Waals surface area contributed by atoms with Crippen molar-refractivity contribution in [3.8, 4) is 11.5 Å². The highest BCUT2D eigenvalue weighted by Crippen LogP contribution is 2.30. The van der Waals surface area contributed by atoms with Crippen molar-refractivity contribution in [3.63, 3.8) is 0 Å². The Balaban J connectivity index is 1.68. The van der Waals surface area contributed by atoms with E-state index in [1.807, 2.05) is 18.2 Å². The highest BCUT2D eigenvalue weighted by atomic mass is 19.1. The summed E-state index contributed by atoms with van der Waals surface area (Å²) >= 11 is 0. The monoisotopic (exact) mass is 272 g/mol. The van der Waals surface area contributed by atoms with E-state index in [0.717, 1.165) is 22.7 Å². The molecular weight excluding hydrogens is 259 g/mol. The summed E-state index contributed by atoms with van der Waals surface area (Å²) < 4.78 is 23.7. The third kappa shape index (κ3) is 2.88. The van der Waals surface area contributed by atoms with Gasteiger partial charge in [-0.05, 0) is 48.0 Å². The van der Waals surface area contributed by atoms with E-state index in [0.29, 0.717) is 13.2 Å². The van der Waals surface area contributed by atoms with E-state index < -0.39 is 0 Å². The molecule has 2 aromatic rings. The molecule has 20 heavy (non-hydrogen) atoms. The third-order valence-corrected chi connectivity index (χ3v) is 2.82. The maximum atomic E-state index is 12.7. The average Bonchev–Trinajstić information content (AvgIpc) is 2.49. The van der Waals surface area contributed by atoms with E-state index in [9.17, 15) is 4.39 Å². The first-order chi connectivity index (χ1) is 9.81. The molecule has 1 N–H and O–H groups in total. The standard InChI is InChI=1S/C15H13FN2O2/c16-12-2-4-13(5-3-12)18-17-10-11-1-6-14-15(9-11)20-8-7-19-14/h1-6,9-10,18H,7-8H2/b17-10-. The number of hydrogen-bond donors (Lipinski definition) is 1. The molecule has 0 bridgehead atoms. The third-order valence-electron chi connectivity index (χ3n) is 2.82. The van der Waals surface area contributed by atoms with Crippen molar-refractivity contribution in [1.29, 1.82) is 0 Å². The lowest BCUT2D eigenvalue weighted by atomic mass is 10.2. The fourth-order valence-corrected chi connectivity index (χ4v) is 1.85. The minimum Gasteiger partial charge on any atom is -0.486 e. The van der Waals surface area contributed by atoms with Gasteiger partial charge in [-0.2, -0.15) is 5.10 Å². The predicted octanol–water partition coefficient (Wildman–Crippen LogP) is 3.04. The molecule has 2 aromatic carbocycles. The predicted molar refractivity (Wildman–Crippen MR) is 75.0 cm³/mol. The molecule has 1 aliphatic rings. The van der Waals surface area contributed by atoms with Gasteiger partial charge >= 0.3 is 0 Å². The number of rotatable bonds is 3. The molecule has 3 rings (SSSR count). The van der Waals surface area contributed by atoms with Crippen LogP contribution in [0, 0.1) is 5.82 Å². The van der Waals surface area contributed by atoms with Gasteiger partial charge in [-0.1, -0.05) is 0 Å². The number of nitrogens with one attached hydrogen (secondary N) is 1. The van der Waals surface area contributed by atoms with Crippen molar-refractivity contribution in [2.24, 2.45) is 5.10 Å². The molecule has 0 radical (unpaired) electrons. The summed E-state index contributed by atoms with van der Waals surface area (Å²) in [4.78, 5) is 0. The number of anilines is 1. The van der Waals surface area contributed by atoms with Crippen LogP contribution in [0.1, 0.15) is 5.56 Å². The minimum atomic E-state index is -0.272. The smallest absolute Gasteiger partial charge is 0.162 e. The van der Waals surface area contributed by atoms with E-state index in [1.165, 1.54) is 12.1 Å². The molecule has 1 aliphatic heterocycles. The molecular formula is C15H13FN2O2. The summed E-state index contributed by atoms with van der Waals surface area (Å²) in [6.07, 6.45) is 1.67. The second-order valence-corrected chi connectivity index (χ2v) is 4.28. The zero-order chi connectivity index (χ0) is 13.8. The van der Waals surface area contributed by atoms with Gasteiger partial charge in [0.1, 0.15) is 19.0 Å². The van der Waals surface area contributed by atoms with Crippen LogP contribution in [0.2, 0.25) is 0 Å². The van der Waals surface area contributed by atoms with Gasteiger partial charge in [-0.25, -0.2) is 4.39 Å². The highest BCUT2D eigenvalue weighted by Gasteiger charge is 2.10. The lowest BCUT2D eigenvalue weighted by Crippen LogP contribution is -2.15. The Morgan fingerprint density at radius 2 is 1.75 bits per heavy atom. The Bertz CT molecular complexity index is 626. The number of nitrogens with zero attached hydrogens (tertiary/aromatic N) is 1. The molecule has 0 saturated heterocycles. The maximum absolute atomic E-state index is 12.7. The van der Waals surface area contributed by atoms with Gasteiger partial charge in [0.2, 0.25) is 0 Å². The molecule has 0 aliphatic carbocycles. The quantitative estimate of drug-likeness (QED) is 0.690. The van der Waals surface area contributed by atoms with Crippen LogP contribution < -0.4 is 14.9 Å². The normalized spacial score (nSPS) is 13.4. The molecule has 0 saturated carbocycles. The first-order valence-corrected chi connectivity index (χ1v) is 6.25. The van der Waals surface area contributed by atoms with E-state index in [4.69, 9.17) is 9.47 Å². The molecule has 102 valence electrons. The van der Waals surface area contributed by atoms with Crippen LogP contribution in [-0.2, 0) is 0 Å². The number of hydrazone groups is 1. The van der Waals surface area contributed by atoms with Crippen LogP contribution in [0.15, 0.2) is 47.6 Å². The van der Waals surface area contributed by atoms with Gasteiger partial charge in [0.15, 0.2) is 11.5 Å². The SMILES string of the molecule is Fc1ccc(N/N=C\c2ccc3c(c2)OCCO3)cc1. The summed E-state index contributed by atoms with van der Waals surface area (Å²) in [6.45, 7) is 1.13. The Kier molecular flexibility index (Phi) is 3.50. The second kappa shape index (κ2) is 5.61. The Morgan fingerprint density at radius 3 is 2.55 bits per heavy atom. The van der Waals surface area contributed by atoms with Crippen LogP contribution in [0.3, 0.4) is 0 Å². The van der Waals surface area contributed by atoms with Crippen LogP contribution in [0.25, 0.3) is 0 Å². The molecule has 0 fully saturated rings. The van der Waals surface area contributed by atoms with E-state index in [-0.39, 0.29) is 5.82 Å². The zero-order valence-corrected chi connectivity index (χ0v) is 10.7. The van der Waals surface area contributed by atoms with E-state index in [2.05, 4.69) is 10.5 Å². The van der Waals surface area contributed by atoms with Crippen molar-refractivity contribution in [1.82, 2.24) is 0 Å². The molecule has 1 heterocycles. The zero-order valence-electron chi connectivity index (χ0n) is 10.7. The van der Waals surface area contributed by atoms with Gasteiger partial charge in [0.25, 0.3) is 0 Å². The van der Waals surface area contributed by atoms with Crippen LogP contribution in [-0.4, -0.2) is 19.4 Å². The molecule has 0 atom stereocenters. The Labute approximate surface area is 115 Å². The van der Waals surface area contributed by atoms with Gasteiger partial charge in [0, 0.05) is 0 Å². The molecule has 0 amide bonds. The summed E-state index contributed by atoms with van der Waals surface area (Å²) in [5, 5.41) is 4.10. The number of benzene rings is 2. The fraction of sp³-hybridized carbons (Fsp3) is 0.133. The first-order valence-electron chi connectivity index (χ1n) is 6.25. The molecule has 0 spiro atoms. The summed E-state index contributed by atoms with van der Waals surface area (Å²) in [7, 11) is 0. The van der Waals surface area contributed by atoms with Crippen LogP contribution in [0.5, 0.6) is 11.5 Å². The lowest BCUT2D eigenvalue weighted by Gasteiger charge is -2.18. The summed E-state index contributed by atoms with van der Waals surface area (Å²) in [5.41, 5.74) is 4.45. The van der Waals surface area contributed by atoms with E-state index >= 15 is 0 Å². The summed E-state index contributed by atoms with van der Waals surface area (Å²) in [5.74, 6) is 1.20. The molecule has 0 aromatic heterocycles. The van der Waals surface area contributed by atoms with Gasteiger partial charge in [-0.3, -0.25) is 5.43 Å². The molecule has 5 heteroatoms. The topological polar surface area (TPSA) is 42.9 Å². The fourth-order valence-electron chi connectivity index (χ4n) is 1.85. The van der Waals surface area contributed by atoms with Gasteiger partial charge in [-0.15, -0.1) is 0 Å². The number of fused-ring (bicyclic) bond motifs is 1. The number of halogens is 1. The molecule has 0 unspecified atom stereocenters. The van der Waals surface area contributed by atoms with Crippen molar-refractivity contribution in [3.05, 3.63) is 53.8 Å². The number of ether oxygens (including phenoxy) is 2. The lowest BCUT2D eigenvalue weighted by molar-refractivity contribution is 0.171. The van der Waals surface area contributed by atoms with Gasteiger partial charge in [0.05, 0.1) is 11.9 Å². The van der Waals surface area contributed by atoms with Gasteiger partial charge < -0.3 is 9.47 Å². The maximum Gasteiger partial charge on any atom is 0.162 e. The van der Waals surface area contributed by atoms with Crippen LogP contribution in [0.4, 0.5) is 10.1 Å². The Hall–Kier alpha value is -2.56. The van der Waals surface area contributed by atoms with Crippen molar-refractivity contribution in [2.45, 2.75) is 0 Å². The van der Waals surface area contributed by atoms with Crippen molar-refractivity contribution in [2.75, 3.05) is 18.6 Å². The van der Waals surface area contributed by atoms with Crippen LogP contribution >= 0.6 is 0 Å². The number of hydrogen-bond acceptors (Lipinski definition) is 4. The Morgan fingerprint density at radius 1 is 1.00 bits per heavy atom. The average molecular weight is 272 g/mol.